The molecule has 2 N–H and O–H groups in total. The summed E-state index contributed by atoms with van der Waals surface area (Å²) in [5.41, 5.74) is 1.74. The van der Waals surface area contributed by atoms with Gasteiger partial charge >= 0.3 is 0 Å². The van der Waals surface area contributed by atoms with Crippen molar-refractivity contribution in [2.75, 3.05) is 31.8 Å². The number of carbonyl (C=O) groups is 2. The van der Waals surface area contributed by atoms with Crippen LogP contribution in [0.15, 0.2) is 36.8 Å². The Bertz CT molecular complexity index is 947. The van der Waals surface area contributed by atoms with Gasteiger partial charge in [0.05, 0.1) is 11.6 Å². The van der Waals surface area contributed by atoms with Crippen LogP contribution in [0.1, 0.15) is 10.4 Å². The van der Waals surface area contributed by atoms with Crippen molar-refractivity contribution in [2.24, 2.45) is 0 Å². The van der Waals surface area contributed by atoms with Gasteiger partial charge in [-0.15, -0.1) is 0 Å². The summed E-state index contributed by atoms with van der Waals surface area (Å²) in [4.78, 5) is 34.0. The fraction of sp³-hybridized carbons (Fsp3) is 0.235. The maximum Gasteiger partial charge on any atom is 0.253 e. The second-order valence-corrected chi connectivity index (χ2v) is 5.84. The second kappa shape index (κ2) is 7.18. The van der Waals surface area contributed by atoms with E-state index in [9.17, 15) is 9.59 Å². The van der Waals surface area contributed by atoms with Gasteiger partial charge in [-0.1, -0.05) is 0 Å². The standard InChI is InChI=1S/C17H19N7O2/c1-18-15-13-8-21-24(16(13)20-10-19-15)9-14(25)22-12-6-4-11(5-7-12)17(26)23(2)3/h4-8,10H,9H2,1-3H3,(H,22,25)(H,18,19,20). The van der Waals surface area contributed by atoms with Crippen LogP contribution in [0.3, 0.4) is 0 Å². The van der Waals surface area contributed by atoms with E-state index < -0.39 is 0 Å². The summed E-state index contributed by atoms with van der Waals surface area (Å²) in [5.74, 6) is 0.319. The average molecular weight is 353 g/mol. The molecule has 0 aliphatic heterocycles. The third kappa shape index (κ3) is 3.46. The predicted molar refractivity (Wildman–Crippen MR) is 98.0 cm³/mol. The lowest BCUT2D eigenvalue weighted by molar-refractivity contribution is -0.116. The van der Waals surface area contributed by atoms with E-state index in [0.29, 0.717) is 22.7 Å². The summed E-state index contributed by atoms with van der Waals surface area (Å²) in [5, 5.41) is 10.7. The predicted octanol–water partition coefficient (Wildman–Crippen LogP) is 1.21. The molecule has 3 aromatic rings. The quantitative estimate of drug-likeness (QED) is 0.714. The highest BCUT2D eigenvalue weighted by Crippen LogP contribution is 2.18. The molecule has 0 fully saturated rings. The van der Waals surface area contributed by atoms with Gasteiger partial charge in [0.15, 0.2) is 5.65 Å². The first-order chi connectivity index (χ1) is 12.5. The van der Waals surface area contributed by atoms with E-state index in [1.54, 1.807) is 51.6 Å². The molecule has 0 unspecified atom stereocenters. The summed E-state index contributed by atoms with van der Waals surface area (Å²) >= 11 is 0. The van der Waals surface area contributed by atoms with Crippen molar-refractivity contribution in [3.05, 3.63) is 42.4 Å². The molecular formula is C17H19N7O2. The molecule has 9 nitrogen and oxygen atoms in total. The lowest BCUT2D eigenvalue weighted by Crippen LogP contribution is -2.22. The van der Waals surface area contributed by atoms with Crippen LogP contribution in [0.5, 0.6) is 0 Å². The zero-order valence-corrected chi connectivity index (χ0v) is 14.7. The van der Waals surface area contributed by atoms with Crippen molar-refractivity contribution >= 4 is 34.4 Å². The molecule has 3 rings (SSSR count). The minimum absolute atomic E-state index is 0.0159. The Morgan fingerprint density at radius 2 is 1.88 bits per heavy atom. The minimum Gasteiger partial charge on any atom is -0.372 e. The lowest BCUT2D eigenvalue weighted by atomic mass is 10.2. The van der Waals surface area contributed by atoms with Gasteiger partial charge in [-0.05, 0) is 24.3 Å². The van der Waals surface area contributed by atoms with Crippen LogP contribution in [-0.4, -0.2) is 57.6 Å². The number of nitrogens with zero attached hydrogens (tertiary/aromatic N) is 5. The Morgan fingerprint density at radius 1 is 1.15 bits per heavy atom. The van der Waals surface area contributed by atoms with Gasteiger partial charge in [0.2, 0.25) is 5.91 Å². The number of rotatable bonds is 5. The van der Waals surface area contributed by atoms with E-state index >= 15 is 0 Å². The molecular weight excluding hydrogens is 334 g/mol. The number of fused-ring (bicyclic) bond motifs is 1. The highest BCUT2D eigenvalue weighted by molar-refractivity contribution is 5.96. The molecule has 0 saturated heterocycles. The number of nitrogens with one attached hydrogen (secondary N) is 2. The van der Waals surface area contributed by atoms with Gasteiger partial charge in [0.25, 0.3) is 5.91 Å². The molecule has 0 bridgehead atoms. The Morgan fingerprint density at radius 3 is 2.54 bits per heavy atom. The van der Waals surface area contributed by atoms with Crippen LogP contribution in [0.25, 0.3) is 11.0 Å². The fourth-order valence-electron chi connectivity index (χ4n) is 2.50. The first-order valence-electron chi connectivity index (χ1n) is 7.95. The second-order valence-electron chi connectivity index (χ2n) is 5.84. The maximum absolute atomic E-state index is 12.3. The van der Waals surface area contributed by atoms with Gasteiger partial charge in [0.1, 0.15) is 18.7 Å². The van der Waals surface area contributed by atoms with Crippen LogP contribution in [0.4, 0.5) is 11.5 Å². The van der Waals surface area contributed by atoms with Gasteiger partial charge in [-0.2, -0.15) is 5.10 Å². The van der Waals surface area contributed by atoms with E-state index in [1.165, 1.54) is 15.9 Å². The van der Waals surface area contributed by atoms with Crippen LogP contribution in [0.2, 0.25) is 0 Å². The molecule has 1 aromatic carbocycles. The number of aromatic nitrogens is 4. The van der Waals surface area contributed by atoms with E-state index in [1.807, 2.05) is 0 Å². The zero-order chi connectivity index (χ0) is 18.7. The van der Waals surface area contributed by atoms with Crippen LogP contribution in [-0.2, 0) is 11.3 Å². The van der Waals surface area contributed by atoms with Crippen LogP contribution >= 0.6 is 0 Å². The van der Waals surface area contributed by atoms with Crippen molar-refractivity contribution in [1.29, 1.82) is 0 Å². The smallest absolute Gasteiger partial charge is 0.253 e. The van der Waals surface area contributed by atoms with Crippen molar-refractivity contribution < 1.29 is 9.59 Å². The van der Waals surface area contributed by atoms with Crippen molar-refractivity contribution in [1.82, 2.24) is 24.6 Å². The molecule has 2 heterocycles. The monoisotopic (exact) mass is 353 g/mol. The third-order valence-electron chi connectivity index (χ3n) is 3.79. The molecule has 2 aromatic heterocycles. The summed E-state index contributed by atoms with van der Waals surface area (Å²) < 4.78 is 1.51. The lowest BCUT2D eigenvalue weighted by Gasteiger charge is -2.11. The molecule has 0 aliphatic rings. The Hall–Kier alpha value is -3.49. The Kier molecular flexibility index (Phi) is 4.78. The molecule has 0 spiro atoms. The van der Waals surface area contributed by atoms with Gasteiger partial charge in [-0.25, -0.2) is 14.6 Å². The van der Waals surface area contributed by atoms with E-state index in [0.717, 1.165) is 5.39 Å². The first-order valence-corrected chi connectivity index (χ1v) is 7.95. The first kappa shape index (κ1) is 17.3. The molecule has 26 heavy (non-hydrogen) atoms. The fourth-order valence-corrected chi connectivity index (χ4v) is 2.50. The molecule has 0 saturated carbocycles. The van der Waals surface area contributed by atoms with Crippen LogP contribution in [0, 0.1) is 0 Å². The molecule has 134 valence electrons. The van der Waals surface area contributed by atoms with Crippen LogP contribution < -0.4 is 10.6 Å². The SMILES string of the molecule is CNc1ncnc2c1cnn2CC(=O)Nc1ccc(C(=O)N(C)C)cc1. The number of anilines is 2. The number of hydrogen-bond donors (Lipinski definition) is 2. The maximum atomic E-state index is 12.3. The number of carbonyl (C=O) groups excluding carboxylic acids is 2. The molecule has 0 aliphatic carbocycles. The van der Waals surface area contributed by atoms with Gasteiger partial charge in [-0.3, -0.25) is 9.59 Å². The van der Waals surface area contributed by atoms with Gasteiger partial charge in [0, 0.05) is 32.4 Å². The third-order valence-corrected chi connectivity index (χ3v) is 3.79. The molecule has 0 atom stereocenters. The van der Waals surface area contributed by atoms with E-state index in [-0.39, 0.29) is 18.4 Å². The number of benzene rings is 1. The van der Waals surface area contributed by atoms with E-state index in [2.05, 4.69) is 25.7 Å². The summed E-state index contributed by atoms with van der Waals surface area (Å²) in [6.07, 6.45) is 3.04. The molecule has 2 amide bonds. The van der Waals surface area contributed by atoms with Gasteiger partial charge < -0.3 is 15.5 Å². The Labute approximate surface area is 150 Å². The topological polar surface area (TPSA) is 105 Å². The zero-order valence-electron chi connectivity index (χ0n) is 14.7. The highest BCUT2D eigenvalue weighted by Gasteiger charge is 2.12. The summed E-state index contributed by atoms with van der Waals surface area (Å²) in [6.45, 7) is 0.0159. The van der Waals surface area contributed by atoms with Crippen molar-refractivity contribution in [2.45, 2.75) is 6.54 Å². The summed E-state index contributed by atoms with van der Waals surface area (Å²) in [6, 6.07) is 6.73. The highest BCUT2D eigenvalue weighted by atomic mass is 16.2. The number of amides is 2. The largest absolute Gasteiger partial charge is 0.372 e. The van der Waals surface area contributed by atoms with Crippen molar-refractivity contribution in [3.8, 4) is 0 Å². The number of hydrogen-bond acceptors (Lipinski definition) is 6. The normalized spacial score (nSPS) is 10.6. The minimum atomic E-state index is -0.244. The van der Waals surface area contributed by atoms with E-state index in [4.69, 9.17) is 0 Å². The van der Waals surface area contributed by atoms with Crippen molar-refractivity contribution in [3.63, 3.8) is 0 Å². The average Bonchev–Trinajstić information content (AvgIpc) is 3.04. The molecule has 9 heteroatoms. The summed E-state index contributed by atoms with van der Waals surface area (Å²) in [7, 11) is 5.14. The molecule has 0 radical (unpaired) electrons. The Balaban J connectivity index is 1.71.